The van der Waals surface area contributed by atoms with E-state index in [1.165, 1.54) is 32.1 Å². The second-order valence-electron chi connectivity index (χ2n) is 15.5. The summed E-state index contributed by atoms with van der Waals surface area (Å²) in [5, 5.41) is 33.8. The minimum Gasteiger partial charge on any atom is -0.394 e. The van der Waals surface area contributed by atoms with Gasteiger partial charge in [-0.05, 0) is 98.2 Å². The lowest BCUT2D eigenvalue weighted by molar-refractivity contribution is -0.271. The van der Waals surface area contributed by atoms with Crippen LogP contribution in [0.15, 0.2) is 11.6 Å². The van der Waals surface area contributed by atoms with Crippen molar-refractivity contribution in [2.75, 3.05) is 13.2 Å². The van der Waals surface area contributed by atoms with Gasteiger partial charge >= 0.3 is 0 Å². The van der Waals surface area contributed by atoms with Crippen molar-refractivity contribution in [3.05, 3.63) is 11.6 Å². The fraction of sp³-hybridized carbons (Fsp3) is 0.939. The van der Waals surface area contributed by atoms with Crippen LogP contribution in [0.3, 0.4) is 0 Å². The molecule has 0 aromatic rings. The third-order valence-corrected chi connectivity index (χ3v) is 13.6. The van der Waals surface area contributed by atoms with Gasteiger partial charge in [0.1, 0.15) is 17.9 Å². The molecule has 7 heteroatoms. The molecular formula is C33H53NO6. The summed E-state index contributed by atoms with van der Waals surface area (Å²) in [5.41, 5.74) is 2.07. The highest BCUT2D eigenvalue weighted by atomic mass is 16.7. The van der Waals surface area contributed by atoms with Crippen molar-refractivity contribution in [1.29, 1.82) is 0 Å². The SMILES string of the molecule is CC1CCC2(NC1)OC1CC3C4CC=C5CC(OC6CC(O)C(O)C(CO)O6)CCC5(C)C4CCC3(C)C1C2C. The van der Waals surface area contributed by atoms with Crippen LogP contribution in [0.25, 0.3) is 0 Å². The lowest BCUT2D eigenvalue weighted by atomic mass is 9.47. The summed E-state index contributed by atoms with van der Waals surface area (Å²) in [6.07, 6.45) is 10.4. The van der Waals surface area contributed by atoms with Gasteiger partial charge in [-0.25, -0.2) is 0 Å². The van der Waals surface area contributed by atoms with Crippen LogP contribution in [0, 0.1) is 46.3 Å². The molecule has 4 aliphatic carbocycles. The van der Waals surface area contributed by atoms with Gasteiger partial charge in [0.25, 0.3) is 0 Å². The lowest BCUT2D eigenvalue weighted by Gasteiger charge is -2.58. The summed E-state index contributed by atoms with van der Waals surface area (Å²) in [6.45, 7) is 10.8. The topological polar surface area (TPSA) is 100 Å². The third-order valence-electron chi connectivity index (χ3n) is 13.6. The molecule has 3 heterocycles. The Bertz CT molecular complexity index is 995. The molecule has 0 bridgehead atoms. The van der Waals surface area contributed by atoms with Crippen molar-refractivity contribution < 1.29 is 29.5 Å². The van der Waals surface area contributed by atoms with Gasteiger partial charge < -0.3 is 29.5 Å². The van der Waals surface area contributed by atoms with Crippen LogP contribution in [-0.4, -0.2) is 71.0 Å². The lowest BCUT2D eigenvalue weighted by Crippen LogP contribution is -2.57. The quantitative estimate of drug-likeness (QED) is 0.386. The Balaban J connectivity index is 1.05. The minimum absolute atomic E-state index is 0.0542. The van der Waals surface area contributed by atoms with Crippen molar-refractivity contribution in [2.45, 2.75) is 134 Å². The number of aliphatic hydroxyl groups excluding tert-OH is 3. The van der Waals surface area contributed by atoms with Crippen molar-refractivity contribution >= 4 is 0 Å². The molecule has 0 amide bonds. The Morgan fingerprint density at radius 2 is 1.88 bits per heavy atom. The van der Waals surface area contributed by atoms with Gasteiger partial charge in [-0.1, -0.05) is 39.3 Å². The first kappa shape index (κ1) is 28.2. The van der Waals surface area contributed by atoms with Crippen LogP contribution in [0.4, 0.5) is 0 Å². The molecule has 7 rings (SSSR count). The smallest absolute Gasteiger partial charge is 0.161 e. The van der Waals surface area contributed by atoms with Crippen molar-refractivity contribution in [3.63, 3.8) is 0 Å². The van der Waals surface area contributed by atoms with E-state index in [0.29, 0.717) is 23.4 Å². The Morgan fingerprint density at radius 3 is 2.62 bits per heavy atom. The van der Waals surface area contributed by atoms with Crippen molar-refractivity contribution in [3.8, 4) is 0 Å². The minimum atomic E-state index is -1.06. The van der Waals surface area contributed by atoms with E-state index in [0.717, 1.165) is 55.9 Å². The molecule has 3 aliphatic heterocycles. The highest BCUT2D eigenvalue weighted by Gasteiger charge is 2.68. The summed E-state index contributed by atoms with van der Waals surface area (Å²) in [5.74, 6) is 4.19. The first-order valence-corrected chi connectivity index (χ1v) is 16.5. The van der Waals surface area contributed by atoms with Crippen LogP contribution >= 0.6 is 0 Å². The van der Waals surface area contributed by atoms with Gasteiger partial charge in [-0.3, -0.25) is 5.32 Å². The standard InChI is InChI=1S/C33H53NO6/c1-18-7-12-33(34-16-18)19(2)29-26(40-33)14-24-22-6-5-20-13-21(38-28-15-25(36)30(37)27(17-35)39-28)8-10-31(20,3)23(22)9-11-32(24,29)4/h5,18-19,21-30,34-37H,6-17H2,1-4H3. The van der Waals surface area contributed by atoms with Crippen LogP contribution in [0.1, 0.15) is 91.9 Å². The van der Waals surface area contributed by atoms with Gasteiger partial charge in [0.05, 0.1) is 24.9 Å². The van der Waals surface area contributed by atoms with E-state index in [9.17, 15) is 15.3 Å². The van der Waals surface area contributed by atoms with E-state index in [1.807, 2.05) is 0 Å². The highest BCUT2D eigenvalue weighted by Crippen LogP contribution is 2.70. The molecule has 0 radical (unpaired) electrons. The van der Waals surface area contributed by atoms with Gasteiger partial charge in [0, 0.05) is 18.9 Å². The number of hydrogen-bond donors (Lipinski definition) is 4. The van der Waals surface area contributed by atoms with Gasteiger partial charge in [-0.2, -0.15) is 0 Å². The zero-order valence-electron chi connectivity index (χ0n) is 25.1. The molecule has 1 spiro atoms. The van der Waals surface area contributed by atoms with E-state index in [1.54, 1.807) is 5.57 Å². The monoisotopic (exact) mass is 559 g/mol. The Morgan fingerprint density at radius 1 is 1.05 bits per heavy atom. The van der Waals surface area contributed by atoms with Crippen LogP contribution in [0.2, 0.25) is 0 Å². The normalized spacial score (nSPS) is 57.6. The molecular weight excluding hydrogens is 506 g/mol. The number of ether oxygens (including phenoxy) is 3. The first-order valence-electron chi connectivity index (χ1n) is 16.5. The fourth-order valence-corrected chi connectivity index (χ4v) is 11.3. The summed E-state index contributed by atoms with van der Waals surface area (Å²) in [4.78, 5) is 0. The fourth-order valence-electron chi connectivity index (χ4n) is 11.3. The third kappa shape index (κ3) is 4.16. The first-order chi connectivity index (χ1) is 19.1. The van der Waals surface area contributed by atoms with Gasteiger partial charge in [0.15, 0.2) is 6.29 Å². The molecule has 3 saturated heterocycles. The molecule has 4 N–H and O–H groups in total. The number of piperidine rings is 1. The molecule has 7 aliphatic rings. The molecule has 0 aromatic heterocycles. The van der Waals surface area contributed by atoms with Crippen LogP contribution in [-0.2, 0) is 14.2 Å². The summed E-state index contributed by atoms with van der Waals surface area (Å²) in [7, 11) is 0. The zero-order chi connectivity index (χ0) is 28.0. The number of allylic oxidation sites excluding steroid dienone is 1. The van der Waals surface area contributed by atoms with E-state index in [2.05, 4.69) is 39.1 Å². The largest absolute Gasteiger partial charge is 0.394 e. The second kappa shape index (κ2) is 10.0. The summed E-state index contributed by atoms with van der Waals surface area (Å²) >= 11 is 0. The number of hydrogen-bond acceptors (Lipinski definition) is 7. The second-order valence-corrected chi connectivity index (χ2v) is 15.5. The Labute approximate surface area is 240 Å². The summed E-state index contributed by atoms with van der Waals surface area (Å²) < 4.78 is 19.2. The maximum atomic E-state index is 10.2. The number of rotatable bonds is 3. The van der Waals surface area contributed by atoms with Gasteiger partial charge in [0.2, 0.25) is 0 Å². The van der Waals surface area contributed by atoms with Crippen molar-refractivity contribution in [1.82, 2.24) is 5.32 Å². The number of nitrogens with one attached hydrogen (secondary N) is 1. The predicted octanol–water partition coefficient (Wildman–Crippen LogP) is 4.14. The molecule has 15 atom stereocenters. The van der Waals surface area contributed by atoms with Crippen LogP contribution < -0.4 is 5.32 Å². The average Bonchev–Trinajstić information content (AvgIpc) is 3.38. The van der Waals surface area contributed by atoms with E-state index >= 15 is 0 Å². The molecule has 7 nitrogen and oxygen atoms in total. The Hall–Kier alpha value is -0.540. The predicted molar refractivity (Wildman–Crippen MR) is 151 cm³/mol. The number of fused-ring (bicyclic) bond motifs is 7. The maximum Gasteiger partial charge on any atom is 0.161 e. The number of aliphatic hydroxyl groups is 3. The average molecular weight is 560 g/mol. The maximum absolute atomic E-state index is 10.2. The molecule has 40 heavy (non-hydrogen) atoms. The molecule has 3 saturated carbocycles. The molecule has 226 valence electrons. The zero-order valence-corrected chi connectivity index (χ0v) is 25.1. The Kier molecular flexibility index (Phi) is 7.06. The molecule has 15 unspecified atom stereocenters. The highest BCUT2D eigenvalue weighted by molar-refractivity contribution is 5.26. The van der Waals surface area contributed by atoms with Gasteiger partial charge in [-0.15, -0.1) is 0 Å². The van der Waals surface area contributed by atoms with E-state index in [-0.39, 0.29) is 30.3 Å². The molecule has 6 fully saturated rings. The summed E-state index contributed by atoms with van der Waals surface area (Å²) in [6, 6.07) is 0. The van der Waals surface area contributed by atoms with Crippen molar-refractivity contribution in [2.24, 2.45) is 46.3 Å². The van der Waals surface area contributed by atoms with Crippen LogP contribution in [0.5, 0.6) is 0 Å². The molecule has 0 aromatic carbocycles. The van der Waals surface area contributed by atoms with E-state index < -0.39 is 24.6 Å². The van der Waals surface area contributed by atoms with E-state index in [4.69, 9.17) is 14.2 Å².